The Kier molecular flexibility index (Phi) is 5.78. The molecule has 1 amide bonds. The maximum atomic E-state index is 13.6. The van der Waals surface area contributed by atoms with Gasteiger partial charge in [-0.2, -0.15) is 0 Å². The minimum absolute atomic E-state index is 0.248. The molecule has 0 radical (unpaired) electrons. The molecule has 2 aromatic carbocycles. The van der Waals surface area contributed by atoms with Gasteiger partial charge in [0.05, 0.1) is 12.2 Å². The SMILES string of the molecule is CCOC(=O)/C=C/c1ccc(NC(=O)c2ccc(F)cc2F)cc1. The van der Waals surface area contributed by atoms with Crippen LogP contribution >= 0.6 is 0 Å². The average Bonchev–Trinajstić information content (AvgIpc) is 2.54. The second kappa shape index (κ2) is 8.01. The van der Waals surface area contributed by atoms with Gasteiger partial charge in [0, 0.05) is 17.8 Å². The van der Waals surface area contributed by atoms with Crippen molar-refractivity contribution < 1.29 is 23.1 Å². The molecule has 0 aromatic heterocycles. The van der Waals surface area contributed by atoms with Gasteiger partial charge in [-0.25, -0.2) is 13.6 Å². The van der Waals surface area contributed by atoms with E-state index in [0.717, 1.165) is 17.7 Å². The van der Waals surface area contributed by atoms with E-state index in [4.69, 9.17) is 4.74 Å². The van der Waals surface area contributed by atoms with Gasteiger partial charge in [-0.1, -0.05) is 12.1 Å². The third-order valence-electron chi connectivity index (χ3n) is 3.04. The lowest BCUT2D eigenvalue weighted by Gasteiger charge is -2.06. The van der Waals surface area contributed by atoms with E-state index in [1.165, 1.54) is 6.08 Å². The lowest BCUT2D eigenvalue weighted by molar-refractivity contribution is -0.137. The topological polar surface area (TPSA) is 55.4 Å². The largest absolute Gasteiger partial charge is 0.463 e. The molecule has 1 N–H and O–H groups in total. The molecule has 0 aliphatic heterocycles. The number of anilines is 1. The van der Waals surface area contributed by atoms with E-state index in [2.05, 4.69) is 5.32 Å². The van der Waals surface area contributed by atoms with Crippen LogP contribution in [-0.4, -0.2) is 18.5 Å². The molecular formula is C18H15F2NO3. The van der Waals surface area contributed by atoms with Crippen molar-refractivity contribution in [1.82, 2.24) is 0 Å². The first-order valence-corrected chi connectivity index (χ1v) is 7.21. The summed E-state index contributed by atoms with van der Waals surface area (Å²) in [4.78, 5) is 23.2. The van der Waals surface area contributed by atoms with Crippen LogP contribution in [0.2, 0.25) is 0 Å². The lowest BCUT2D eigenvalue weighted by atomic mass is 10.1. The molecule has 24 heavy (non-hydrogen) atoms. The highest BCUT2D eigenvalue weighted by atomic mass is 19.1. The Morgan fingerprint density at radius 1 is 1.12 bits per heavy atom. The molecule has 0 aliphatic rings. The monoisotopic (exact) mass is 331 g/mol. The number of rotatable bonds is 5. The molecule has 0 spiro atoms. The molecular weight excluding hydrogens is 316 g/mol. The van der Waals surface area contributed by atoms with Crippen molar-refractivity contribution in [3.8, 4) is 0 Å². The number of carbonyl (C=O) groups excluding carboxylic acids is 2. The zero-order valence-corrected chi connectivity index (χ0v) is 12.9. The summed E-state index contributed by atoms with van der Waals surface area (Å²) >= 11 is 0. The third kappa shape index (κ3) is 4.74. The average molecular weight is 331 g/mol. The van der Waals surface area contributed by atoms with Crippen molar-refractivity contribution in [2.75, 3.05) is 11.9 Å². The summed E-state index contributed by atoms with van der Waals surface area (Å²) in [5.74, 6) is -2.80. The fraction of sp³-hybridized carbons (Fsp3) is 0.111. The smallest absolute Gasteiger partial charge is 0.330 e. The molecule has 0 saturated heterocycles. The van der Waals surface area contributed by atoms with Gasteiger partial charge in [0.2, 0.25) is 0 Å². The van der Waals surface area contributed by atoms with Crippen molar-refractivity contribution in [2.24, 2.45) is 0 Å². The predicted molar refractivity (Wildman–Crippen MR) is 86.4 cm³/mol. The van der Waals surface area contributed by atoms with Gasteiger partial charge in [0.15, 0.2) is 0 Å². The lowest BCUT2D eigenvalue weighted by Crippen LogP contribution is -2.13. The van der Waals surface area contributed by atoms with Crippen molar-refractivity contribution in [1.29, 1.82) is 0 Å². The van der Waals surface area contributed by atoms with Gasteiger partial charge in [-0.3, -0.25) is 4.79 Å². The fourth-order valence-corrected chi connectivity index (χ4v) is 1.90. The van der Waals surface area contributed by atoms with E-state index in [1.807, 2.05) is 0 Å². The highest BCUT2D eigenvalue weighted by molar-refractivity contribution is 6.04. The molecule has 124 valence electrons. The number of nitrogens with one attached hydrogen (secondary N) is 1. The van der Waals surface area contributed by atoms with Crippen molar-refractivity contribution in [2.45, 2.75) is 6.92 Å². The number of amides is 1. The van der Waals surface area contributed by atoms with E-state index < -0.39 is 23.5 Å². The molecule has 2 rings (SSSR count). The molecule has 0 heterocycles. The van der Waals surface area contributed by atoms with Crippen LogP contribution in [0.1, 0.15) is 22.8 Å². The molecule has 0 aliphatic carbocycles. The summed E-state index contributed by atoms with van der Waals surface area (Å²) in [6.07, 6.45) is 2.87. The van der Waals surface area contributed by atoms with Crippen LogP contribution in [0, 0.1) is 11.6 Å². The number of ether oxygens (including phenoxy) is 1. The van der Waals surface area contributed by atoms with Crippen molar-refractivity contribution >= 4 is 23.6 Å². The second-order valence-corrected chi connectivity index (χ2v) is 4.79. The minimum atomic E-state index is -0.929. The minimum Gasteiger partial charge on any atom is -0.463 e. The Morgan fingerprint density at radius 3 is 2.46 bits per heavy atom. The van der Waals surface area contributed by atoms with Crippen LogP contribution in [-0.2, 0) is 9.53 Å². The van der Waals surface area contributed by atoms with Gasteiger partial charge < -0.3 is 10.1 Å². The Bertz CT molecular complexity index is 770. The molecule has 0 atom stereocenters. The van der Waals surface area contributed by atoms with Crippen molar-refractivity contribution in [3.05, 3.63) is 71.3 Å². The fourth-order valence-electron chi connectivity index (χ4n) is 1.90. The summed E-state index contributed by atoms with van der Waals surface area (Å²) in [5, 5.41) is 2.51. The van der Waals surface area contributed by atoms with Gasteiger partial charge >= 0.3 is 5.97 Å². The zero-order valence-electron chi connectivity index (χ0n) is 12.9. The van der Waals surface area contributed by atoms with Gasteiger partial charge in [-0.15, -0.1) is 0 Å². The number of hydrogen-bond donors (Lipinski definition) is 1. The second-order valence-electron chi connectivity index (χ2n) is 4.79. The van der Waals surface area contributed by atoms with Crippen LogP contribution in [0.5, 0.6) is 0 Å². The van der Waals surface area contributed by atoms with E-state index in [1.54, 1.807) is 37.3 Å². The van der Waals surface area contributed by atoms with Gasteiger partial charge in [-0.05, 0) is 42.8 Å². The first-order valence-electron chi connectivity index (χ1n) is 7.21. The molecule has 0 unspecified atom stereocenters. The quantitative estimate of drug-likeness (QED) is 0.670. The maximum absolute atomic E-state index is 13.6. The number of halogens is 2. The van der Waals surface area contributed by atoms with Crippen LogP contribution < -0.4 is 5.32 Å². The first kappa shape index (κ1) is 17.3. The maximum Gasteiger partial charge on any atom is 0.330 e. The predicted octanol–water partition coefficient (Wildman–Crippen LogP) is 3.79. The normalized spacial score (nSPS) is 10.6. The van der Waals surface area contributed by atoms with Crippen molar-refractivity contribution in [3.63, 3.8) is 0 Å². The van der Waals surface area contributed by atoms with Gasteiger partial charge in [0.25, 0.3) is 5.91 Å². The summed E-state index contributed by atoms with van der Waals surface area (Å²) in [5.41, 5.74) is 0.925. The molecule has 0 saturated carbocycles. The van der Waals surface area contributed by atoms with Crippen LogP contribution in [0.3, 0.4) is 0 Å². The molecule has 4 nitrogen and oxygen atoms in total. The summed E-state index contributed by atoms with van der Waals surface area (Å²) < 4.78 is 31.2. The van der Waals surface area contributed by atoms with E-state index in [-0.39, 0.29) is 5.56 Å². The number of esters is 1. The molecule has 0 bridgehead atoms. The number of benzene rings is 2. The van der Waals surface area contributed by atoms with Crippen LogP contribution in [0.4, 0.5) is 14.5 Å². The van der Waals surface area contributed by atoms with E-state index in [0.29, 0.717) is 18.4 Å². The summed E-state index contributed by atoms with van der Waals surface area (Å²) in [7, 11) is 0. The summed E-state index contributed by atoms with van der Waals surface area (Å²) in [6, 6.07) is 9.29. The number of carbonyl (C=O) groups is 2. The molecule has 2 aromatic rings. The first-order chi connectivity index (χ1) is 11.5. The Balaban J connectivity index is 2.03. The highest BCUT2D eigenvalue weighted by Gasteiger charge is 2.12. The highest BCUT2D eigenvalue weighted by Crippen LogP contribution is 2.15. The Labute approximate surface area is 137 Å². The third-order valence-corrected chi connectivity index (χ3v) is 3.04. The zero-order chi connectivity index (χ0) is 17.5. The van der Waals surface area contributed by atoms with Crippen LogP contribution in [0.25, 0.3) is 6.08 Å². The summed E-state index contributed by atoms with van der Waals surface area (Å²) in [6.45, 7) is 2.02. The van der Waals surface area contributed by atoms with E-state index in [9.17, 15) is 18.4 Å². The van der Waals surface area contributed by atoms with E-state index >= 15 is 0 Å². The molecule has 6 heteroatoms. The number of hydrogen-bond acceptors (Lipinski definition) is 3. The Morgan fingerprint density at radius 2 is 1.83 bits per heavy atom. The van der Waals surface area contributed by atoms with Gasteiger partial charge in [0.1, 0.15) is 11.6 Å². The molecule has 0 fully saturated rings. The standard InChI is InChI=1S/C18H15F2NO3/c1-2-24-17(22)10-5-12-3-7-14(8-4-12)21-18(23)15-9-6-13(19)11-16(15)20/h3-11H,2H2,1H3,(H,21,23)/b10-5+. The van der Waals surface area contributed by atoms with Crippen LogP contribution in [0.15, 0.2) is 48.5 Å². The Hall–Kier alpha value is -3.02.